The average molecular weight is 538 g/mol. The fourth-order valence-electron chi connectivity index (χ4n) is 2.01. The van der Waals surface area contributed by atoms with Crippen molar-refractivity contribution in [3.8, 4) is 0 Å². The first-order chi connectivity index (χ1) is 10.0. The molecule has 0 unspecified atom stereocenters. The summed E-state index contributed by atoms with van der Waals surface area (Å²) in [6.45, 7) is 20.6. The number of hydrogen-bond acceptors (Lipinski definition) is 0. The summed E-state index contributed by atoms with van der Waals surface area (Å²) in [5.41, 5.74) is 0. The second-order valence-electron chi connectivity index (χ2n) is 4.86. The summed E-state index contributed by atoms with van der Waals surface area (Å²) in [4.78, 5) is 0. The van der Waals surface area contributed by atoms with Crippen LogP contribution in [0.15, 0.2) is 0 Å². The van der Waals surface area contributed by atoms with Crippen molar-refractivity contribution in [1.82, 2.24) is 0 Å². The van der Waals surface area contributed by atoms with Crippen molar-refractivity contribution < 1.29 is 21.1 Å². The molecule has 0 saturated carbocycles. The van der Waals surface area contributed by atoms with Crippen LogP contribution in [-0.2, 0) is 21.1 Å². The first kappa shape index (κ1) is 31.7. The maximum Gasteiger partial charge on any atom is 0 e. The van der Waals surface area contributed by atoms with Gasteiger partial charge in [-0.15, -0.1) is 23.8 Å². The van der Waals surface area contributed by atoms with E-state index in [1.807, 2.05) is 0 Å². The normalized spacial score (nSPS) is 9.82. The van der Waals surface area contributed by atoms with Gasteiger partial charge in [-0.1, -0.05) is 62.3 Å². The molecule has 0 heterocycles. The molecule has 138 valence electrons. The van der Waals surface area contributed by atoms with Gasteiger partial charge in [-0.25, -0.2) is 0 Å². The van der Waals surface area contributed by atoms with Crippen LogP contribution in [0.5, 0.6) is 0 Å². The molecule has 0 aromatic rings. The largest absolute Gasteiger partial charge is 0.108 e. The molecular formula is C18H45P3W. The summed E-state index contributed by atoms with van der Waals surface area (Å²) in [6.07, 6.45) is 12.8. The van der Waals surface area contributed by atoms with Crippen molar-refractivity contribution in [2.45, 2.75) is 62.3 Å². The van der Waals surface area contributed by atoms with E-state index in [-0.39, 0.29) is 21.1 Å². The first-order valence-corrected chi connectivity index (χ1v) is 14.9. The Morgan fingerprint density at radius 3 is 0.409 bits per heavy atom. The van der Waals surface area contributed by atoms with Crippen LogP contribution >= 0.6 is 23.8 Å². The van der Waals surface area contributed by atoms with E-state index in [4.69, 9.17) is 0 Å². The van der Waals surface area contributed by atoms with Gasteiger partial charge in [0.05, 0.1) is 0 Å². The fraction of sp³-hybridized carbons (Fsp3) is 1.00. The van der Waals surface area contributed by atoms with Gasteiger partial charge in [-0.3, -0.25) is 0 Å². The third-order valence-electron chi connectivity index (χ3n) is 4.02. The van der Waals surface area contributed by atoms with Gasteiger partial charge in [0.15, 0.2) is 0 Å². The minimum Gasteiger partial charge on any atom is -0.108 e. The van der Waals surface area contributed by atoms with Gasteiger partial charge in [-0.2, -0.15) is 0 Å². The molecule has 0 fully saturated rings. The quantitative estimate of drug-likeness (QED) is 0.266. The molecule has 0 aliphatic carbocycles. The molecule has 4 heteroatoms. The Kier molecular flexibility index (Phi) is 40.1. The van der Waals surface area contributed by atoms with Crippen LogP contribution in [0.1, 0.15) is 62.3 Å². The molecule has 0 aliphatic rings. The summed E-state index contributed by atoms with van der Waals surface area (Å²) in [5, 5.41) is 0. The third-order valence-corrected chi connectivity index (χ3v) is 12.1. The van der Waals surface area contributed by atoms with Crippen LogP contribution in [0.3, 0.4) is 0 Å². The molecule has 0 aromatic carbocycles. The monoisotopic (exact) mass is 538 g/mol. The van der Waals surface area contributed by atoms with Crippen LogP contribution in [0.2, 0.25) is 0 Å². The molecule has 0 aliphatic heterocycles. The van der Waals surface area contributed by atoms with Crippen LogP contribution in [-0.4, -0.2) is 55.5 Å². The minimum absolute atomic E-state index is 0. The number of hydrogen-bond donors (Lipinski definition) is 0. The van der Waals surface area contributed by atoms with Gasteiger partial charge in [0.1, 0.15) is 0 Å². The summed E-state index contributed by atoms with van der Waals surface area (Å²) in [5.74, 6) is 0. The molecule has 0 atom stereocenters. The Hall–Kier alpha value is 1.98. The minimum atomic E-state index is 0. The molecule has 0 N–H and O–H groups in total. The summed E-state index contributed by atoms with van der Waals surface area (Å²) < 4.78 is 0. The van der Waals surface area contributed by atoms with E-state index in [1.165, 1.54) is 55.5 Å². The molecule has 0 rings (SSSR count). The average Bonchev–Trinajstić information content (AvgIpc) is 2.54. The first-order valence-electron chi connectivity index (χ1n) is 9.21. The van der Waals surface area contributed by atoms with E-state index < -0.39 is 0 Å². The standard InChI is InChI=1S/3C6H15P.W/c3*1-4-7(5-2)6-3;/h3*4-6H2,1-3H3;. The predicted molar refractivity (Wildman–Crippen MR) is 116 cm³/mol. The molecule has 0 spiro atoms. The molecule has 0 nitrogen and oxygen atoms in total. The second kappa shape index (κ2) is 27.8. The maximum atomic E-state index is 2.29. The van der Waals surface area contributed by atoms with Gasteiger partial charge in [0.2, 0.25) is 0 Å². The molecule has 0 aromatic heterocycles. The Morgan fingerprint density at radius 1 is 0.318 bits per heavy atom. The second-order valence-corrected chi connectivity index (χ2v) is 14.6. The summed E-state index contributed by atoms with van der Waals surface area (Å²) in [6, 6.07) is 0. The van der Waals surface area contributed by atoms with Crippen LogP contribution in [0.25, 0.3) is 0 Å². The Morgan fingerprint density at radius 2 is 0.409 bits per heavy atom. The zero-order valence-corrected chi connectivity index (χ0v) is 22.7. The van der Waals surface area contributed by atoms with E-state index in [2.05, 4.69) is 62.3 Å². The van der Waals surface area contributed by atoms with Crippen molar-refractivity contribution in [2.24, 2.45) is 0 Å². The topological polar surface area (TPSA) is 0 Å². The summed E-state index contributed by atoms with van der Waals surface area (Å²) in [7, 11) is 1.34. The van der Waals surface area contributed by atoms with E-state index in [1.54, 1.807) is 0 Å². The van der Waals surface area contributed by atoms with E-state index in [0.29, 0.717) is 23.8 Å². The molecule has 22 heavy (non-hydrogen) atoms. The predicted octanol–water partition coefficient (Wildman–Crippen LogP) is 7.58. The van der Waals surface area contributed by atoms with Gasteiger partial charge in [0.25, 0.3) is 0 Å². The SMILES string of the molecule is CCP(CC)CC.CCP(CC)CC.CCP(CC)CC.[W]. The maximum absolute atomic E-state index is 2.29. The van der Waals surface area contributed by atoms with Gasteiger partial charge in [0, 0.05) is 21.1 Å². The zero-order valence-electron chi connectivity index (χ0n) is 17.1. The van der Waals surface area contributed by atoms with Crippen molar-refractivity contribution >= 4 is 23.8 Å². The molecule has 0 amide bonds. The van der Waals surface area contributed by atoms with Crippen molar-refractivity contribution in [1.29, 1.82) is 0 Å². The van der Waals surface area contributed by atoms with Gasteiger partial charge >= 0.3 is 0 Å². The molecular weight excluding hydrogens is 493 g/mol. The van der Waals surface area contributed by atoms with E-state index in [9.17, 15) is 0 Å². The molecule has 0 saturated heterocycles. The van der Waals surface area contributed by atoms with Crippen LogP contribution in [0, 0.1) is 0 Å². The Bertz CT molecular complexity index is 111. The molecule has 0 bridgehead atoms. The van der Waals surface area contributed by atoms with Crippen molar-refractivity contribution in [3.63, 3.8) is 0 Å². The fourth-order valence-corrected chi connectivity index (χ4v) is 6.04. The van der Waals surface area contributed by atoms with Crippen molar-refractivity contribution in [3.05, 3.63) is 0 Å². The van der Waals surface area contributed by atoms with Gasteiger partial charge in [-0.05, 0) is 55.5 Å². The van der Waals surface area contributed by atoms with Crippen molar-refractivity contribution in [2.75, 3.05) is 55.5 Å². The number of rotatable bonds is 9. The van der Waals surface area contributed by atoms with Crippen LogP contribution < -0.4 is 0 Å². The van der Waals surface area contributed by atoms with Gasteiger partial charge < -0.3 is 0 Å². The zero-order chi connectivity index (χ0) is 17.1. The van der Waals surface area contributed by atoms with E-state index >= 15 is 0 Å². The third kappa shape index (κ3) is 24.2. The smallest absolute Gasteiger partial charge is 0 e. The van der Waals surface area contributed by atoms with Crippen LogP contribution in [0.4, 0.5) is 0 Å². The Balaban J connectivity index is -0.000000108. The van der Waals surface area contributed by atoms with E-state index in [0.717, 1.165) is 0 Å². The Labute approximate surface area is 162 Å². The summed E-state index contributed by atoms with van der Waals surface area (Å²) >= 11 is 0. The molecule has 0 radical (unpaired) electrons.